The zero-order valence-corrected chi connectivity index (χ0v) is 16.7. The zero-order chi connectivity index (χ0) is 20.3. The van der Waals surface area contributed by atoms with Gasteiger partial charge in [-0.1, -0.05) is 29.8 Å². The van der Waals surface area contributed by atoms with Gasteiger partial charge in [0.2, 0.25) is 10.0 Å². The monoisotopic (exact) mass is 427 g/mol. The number of rotatable bonds is 5. The maximum absolute atomic E-state index is 14.3. The molecule has 0 radical (unpaired) electrons. The summed E-state index contributed by atoms with van der Waals surface area (Å²) in [6.07, 6.45) is -0.662. The first-order chi connectivity index (χ1) is 13.3. The van der Waals surface area contributed by atoms with Gasteiger partial charge < -0.3 is 9.47 Å². The highest BCUT2D eigenvalue weighted by atomic mass is 35.5. The van der Waals surface area contributed by atoms with Crippen molar-refractivity contribution in [2.75, 3.05) is 26.3 Å². The summed E-state index contributed by atoms with van der Waals surface area (Å²) < 4.78 is 51.4. The van der Waals surface area contributed by atoms with Crippen molar-refractivity contribution in [1.82, 2.24) is 4.31 Å². The fourth-order valence-corrected chi connectivity index (χ4v) is 4.64. The van der Waals surface area contributed by atoms with Crippen LogP contribution in [-0.4, -0.2) is 45.0 Å². The van der Waals surface area contributed by atoms with Gasteiger partial charge in [0, 0.05) is 23.7 Å². The van der Waals surface area contributed by atoms with Gasteiger partial charge in [-0.05, 0) is 31.2 Å². The van der Waals surface area contributed by atoms with Gasteiger partial charge in [0.05, 0.1) is 18.8 Å². The van der Waals surface area contributed by atoms with E-state index < -0.39 is 32.8 Å². The Hall–Kier alpha value is -2.00. The van der Waals surface area contributed by atoms with E-state index in [4.69, 9.17) is 21.1 Å². The van der Waals surface area contributed by atoms with Crippen LogP contribution in [-0.2, 0) is 19.5 Å². The average Bonchev–Trinajstić information content (AvgIpc) is 2.69. The Morgan fingerprint density at radius 3 is 2.57 bits per heavy atom. The minimum Gasteiger partial charge on any atom is -0.454 e. The van der Waals surface area contributed by atoms with Crippen molar-refractivity contribution in [1.29, 1.82) is 0 Å². The number of nitrogens with zero attached hydrogens (tertiary/aromatic N) is 1. The molecule has 1 aliphatic heterocycles. The van der Waals surface area contributed by atoms with E-state index in [2.05, 4.69) is 0 Å². The quantitative estimate of drug-likeness (QED) is 0.683. The molecule has 1 heterocycles. The molecule has 1 saturated heterocycles. The Balaban J connectivity index is 1.84. The molecule has 0 aliphatic carbocycles. The predicted octanol–water partition coefficient (Wildman–Crippen LogP) is 3.42. The molecule has 28 heavy (non-hydrogen) atoms. The van der Waals surface area contributed by atoms with E-state index in [0.717, 1.165) is 16.4 Å². The van der Waals surface area contributed by atoms with Crippen LogP contribution in [0.3, 0.4) is 0 Å². The molecule has 1 fully saturated rings. The number of carbonyl (C=O) groups excluding carboxylic acids is 1. The summed E-state index contributed by atoms with van der Waals surface area (Å²) in [5, 5.41) is 0.442. The Kier molecular flexibility index (Phi) is 6.34. The normalized spacial score (nSPS) is 16.5. The predicted molar refractivity (Wildman–Crippen MR) is 101 cm³/mol. The van der Waals surface area contributed by atoms with Crippen molar-refractivity contribution in [2.24, 2.45) is 0 Å². The third kappa shape index (κ3) is 4.35. The van der Waals surface area contributed by atoms with Crippen LogP contribution in [0, 0.1) is 5.82 Å². The highest BCUT2D eigenvalue weighted by Gasteiger charge is 2.30. The zero-order valence-electron chi connectivity index (χ0n) is 15.1. The Morgan fingerprint density at radius 1 is 1.21 bits per heavy atom. The van der Waals surface area contributed by atoms with E-state index >= 15 is 0 Å². The molecular formula is C19H19ClFNO5S. The van der Waals surface area contributed by atoms with Crippen LogP contribution in [0.25, 0.3) is 0 Å². The van der Waals surface area contributed by atoms with Gasteiger partial charge in [-0.3, -0.25) is 0 Å². The lowest BCUT2D eigenvalue weighted by atomic mass is 10.1. The minimum absolute atomic E-state index is 0.0628. The van der Waals surface area contributed by atoms with Crippen molar-refractivity contribution >= 4 is 27.6 Å². The van der Waals surface area contributed by atoms with Crippen molar-refractivity contribution in [3.63, 3.8) is 0 Å². The van der Waals surface area contributed by atoms with Crippen LogP contribution in [0.15, 0.2) is 47.4 Å². The molecule has 6 nitrogen and oxygen atoms in total. The number of carbonyl (C=O) groups is 1. The number of hydrogen-bond donors (Lipinski definition) is 0. The smallest absolute Gasteiger partial charge is 0.338 e. The number of benzene rings is 2. The van der Waals surface area contributed by atoms with Gasteiger partial charge in [0.15, 0.2) is 0 Å². The number of hydrogen-bond acceptors (Lipinski definition) is 5. The molecule has 0 amide bonds. The molecule has 0 spiro atoms. The molecule has 0 saturated carbocycles. The number of sulfonamides is 1. The summed E-state index contributed by atoms with van der Waals surface area (Å²) in [7, 11) is -4.09. The van der Waals surface area contributed by atoms with Crippen LogP contribution in [0.5, 0.6) is 0 Å². The first-order valence-corrected chi connectivity index (χ1v) is 10.5. The number of ether oxygens (including phenoxy) is 2. The first-order valence-electron chi connectivity index (χ1n) is 8.63. The third-order valence-corrected chi connectivity index (χ3v) is 6.64. The van der Waals surface area contributed by atoms with Crippen LogP contribution in [0.4, 0.5) is 4.39 Å². The highest BCUT2D eigenvalue weighted by Crippen LogP contribution is 2.27. The molecule has 0 aromatic heterocycles. The van der Waals surface area contributed by atoms with E-state index in [-0.39, 0.29) is 31.9 Å². The third-order valence-electron chi connectivity index (χ3n) is 4.38. The molecule has 2 aromatic carbocycles. The lowest BCUT2D eigenvalue weighted by molar-refractivity contribution is 0.0337. The van der Waals surface area contributed by atoms with Crippen molar-refractivity contribution in [3.05, 3.63) is 64.4 Å². The largest absolute Gasteiger partial charge is 0.454 e. The number of morpholine rings is 1. The fourth-order valence-electron chi connectivity index (χ4n) is 2.85. The van der Waals surface area contributed by atoms with E-state index in [0.29, 0.717) is 10.6 Å². The Bertz CT molecular complexity index is 976. The summed E-state index contributed by atoms with van der Waals surface area (Å²) in [5.41, 5.74) is 0.549. The first kappa shape index (κ1) is 20.7. The average molecular weight is 428 g/mol. The van der Waals surface area contributed by atoms with Gasteiger partial charge in [-0.15, -0.1) is 0 Å². The van der Waals surface area contributed by atoms with Crippen LogP contribution < -0.4 is 0 Å². The molecule has 150 valence electrons. The van der Waals surface area contributed by atoms with Gasteiger partial charge in [-0.25, -0.2) is 17.6 Å². The fraction of sp³-hybridized carbons (Fsp3) is 0.316. The van der Waals surface area contributed by atoms with E-state index in [9.17, 15) is 17.6 Å². The van der Waals surface area contributed by atoms with Gasteiger partial charge in [0.25, 0.3) is 0 Å². The van der Waals surface area contributed by atoms with Crippen LogP contribution >= 0.6 is 11.6 Å². The molecule has 3 rings (SSSR count). The minimum atomic E-state index is -4.09. The van der Waals surface area contributed by atoms with Gasteiger partial charge in [0.1, 0.15) is 16.8 Å². The lowest BCUT2D eigenvalue weighted by Crippen LogP contribution is -2.41. The van der Waals surface area contributed by atoms with Gasteiger partial charge in [-0.2, -0.15) is 4.31 Å². The summed E-state index contributed by atoms with van der Waals surface area (Å²) in [6.45, 7) is 2.36. The molecule has 1 unspecified atom stereocenters. The number of halogens is 2. The molecule has 0 N–H and O–H groups in total. The van der Waals surface area contributed by atoms with Crippen LogP contribution in [0.1, 0.15) is 28.9 Å². The van der Waals surface area contributed by atoms with E-state index in [1.165, 1.54) is 6.07 Å². The maximum atomic E-state index is 14.3. The summed E-state index contributed by atoms with van der Waals surface area (Å²) in [4.78, 5) is 11.9. The molecule has 0 bridgehead atoms. The second kappa shape index (κ2) is 8.57. The Morgan fingerprint density at radius 2 is 1.89 bits per heavy atom. The number of esters is 1. The van der Waals surface area contributed by atoms with Crippen LogP contribution in [0.2, 0.25) is 5.02 Å². The molecule has 9 heteroatoms. The Labute approximate surface area is 167 Å². The van der Waals surface area contributed by atoms with Crippen molar-refractivity contribution in [2.45, 2.75) is 17.9 Å². The van der Waals surface area contributed by atoms with Crippen molar-refractivity contribution in [3.8, 4) is 0 Å². The maximum Gasteiger partial charge on any atom is 0.338 e. The second-order valence-electron chi connectivity index (χ2n) is 6.23. The van der Waals surface area contributed by atoms with Gasteiger partial charge >= 0.3 is 5.97 Å². The molecule has 2 aromatic rings. The summed E-state index contributed by atoms with van der Waals surface area (Å²) in [6, 6.07) is 10.0. The molecule has 1 aliphatic rings. The molecular weight excluding hydrogens is 409 g/mol. The topological polar surface area (TPSA) is 72.9 Å². The summed E-state index contributed by atoms with van der Waals surface area (Å²) >= 11 is 6.10. The lowest BCUT2D eigenvalue weighted by Gasteiger charge is -2.26. The standard InChI is InChI=1S/C19H19ClFNO5S/c1-13(15-4-2-3-5-16(15)20)27-19(23)14-6-7-17(21)18(12-14)28(24,25)22-8-10-26-11-9-22/h2-7,12-13H,8-11H2,1H3. The summed E-state index contributed by atoms with van der Waals surface area (Å²) in [5.74, 6) is -1.70. The SMILES string of the molecule is CC(OC(=O)c1ccc(F)c(S(=O)(=O)N2CCOCC2)c1)c1ccccc1Cl. The van der Waals surface area contributed by atoms with E-state index in [1.54, 1.807) is 31.2 Å². The van der Waals surface area contributed by atoms with Crippen molar-refractivity contribution < 1.29 is 27.1 Å². The molecule has 1 atom stereocenters. The second-order valence-corrected chi connectivity index (χ2v) is 8.54. The van der Waals surface area contributed by atoms with E-state index in [1.807, 2.05) is 0 Å². The highest BCUT2D eigenvalue weighted by molar-refractivity contribution is 7.89.